The molecule has 0 N–H and O–H groups in total. The zero-order valence-corrected chi connectivity index (χ0v) is 25.9. The van der Waals surface area contributed by atoms with Crippen LogP contribution >= 0.6 is 11.3 Å². The first-order chi connectivity index (χ1) is 22.8. The summed E-state index contributed by atoms with van der Waals surface area (Å²) >= 11 is 1.86. The Balaban J connectivity index is 1.28. The predicted octanol–water partition coefficient (Wildman–Crippen LogP) is 13.2. The lowest BCUT2D eigenvalue weighted by molar-refractivity contribution is 1.29. The molecule has 9 rings (SSSR count). The maximum atomic E-state index is 2.43. The van der Waals surface area contributed by atoms with Crippen molar-refractivity contribution in [2.45, 2.75) is 0 Å². The highest BCUT2D eigenvalue weighted by Crippen LogP contribution is 2.45. The Labute approximate surface area is 272 Å². The van der Waals surface area contributed by atoms with Crippen LogP contribution < -0.4 is 4.90 Å². The fourth-order valence-corrected chi connectivity index (χ4v) is 7.82. The Kier molecular flexibility index (Phi) is 6.40. The molecule has 0 saturated heterocycles. The number of anilines is 3. The minimum absolute atomic E-state index is 1.13. The van der Waals surface area contributed by atoms with Gasteiger partial charge in [0.2, 0.25) is 0 Å². The Hall–Kier alpha value is -5.70. The van der Waals surface area contributed by atoms with E-state index >= 15 is 0 Å². The van der Waals surface area contributed by atoms with Crippen molar-refractivity contribution in [1.29, 1.82) is 0 Å². The fraction of sp³-hybridized carbons (Fsp3) is 0. The molecule has 1 heterocycles. The van der Waals surface area contributed by atoms with Crippen molar-refractivity contribution in [2.24, 2.45) is 0 Å². The minimum Gasteiger partial charge on any atom is -0.310 e. The molecule has 0 saturated carbocycles. The zero-order valence-electron chi connectivity index (χ0n) is 25.1. The number of hydrogen-bond acceptors (Lipinski definition) is 2. The van der Waals surface area contributed by atoms with Gasteiger partial charge in [0.05, 0.1) is 5.69 Å². The second-order valence-corrected chi connectivity index (χ2v) is 12.9. The van der Waals surface area contributed by atoms with Crippen LogP contribution in [0.4, 0.5) is 17.1 Å². The van der Waals surface area contributed by atoms with Gasteiger partial charge in [-0.15, -0.1) is 11.3 Å². The molecule has 0 radical (unpaired) electrons. The number of thiophene rings is 1. The molecule has 0 atom stereocenters. The fourth-order valence-electron chi connectivity index (χ4n) is 6.74. The summed E-state index contributed by atoms with van der Waals surface area (Å²) in [4.78, 5) is 2.43. The first-order valence-electron chi connectivity index (χ1n) is 15.7. The predicted molar refractivity (Wildman–Crippen MR) is 200 cm³/mol. The maximum Gasteiger partial charge on any atom is 0.0546 e. The number of hydrogen-bond donors (Lipinski definition) is 0. The summed E-state index contributed by atoms with van der Waals surface area (Å²) < 4.78 is 2.62. The Morgan fingerprint density at radius 1 is 0.348 bits per heavy atom. The smallest absolute Gasteiger partial charge is 0.0546 e. The van der Waals surface area contributed by atoms with E-state index in [-0.39, 0.29) is 0 Å². The van der Waals surface area contributed by atoms with Crippen molar-refractivity contribution in [2.75, 3.05) is 4.90 Å². The normalized spacial score (nSPS) is 11.5. The second kappa shape index (κ2) is 11.0. The van der Waals surface area contributed by atoms with Gasteiger partial charge in [-0.1, -0.05) is 115 Å². The van der Waals surface area contributed by atoms with E-state index in [2.05, 4.69) is 181 Å². The Morgan fingerprint density at radius 3 is 1.85 bits per heavy atom. The van der Waals surface area contributed by atoms with E-state index in [4.69, 9.17) is 0 Å². The van der Waals surface area contributed by atoms with Crippen LogP contribution in [-0.2, 0) is 0 Å². The largest absolute Gasteiger partial charge is 0.310 e. The summed E-state index contributed by atoms with van der Waals surface area (Å²) in [6, 6.07) is 64.1. The lowest BCUT2D eigenvalue weighted by Gasteiger charge is -2.28. The molecule has 1 nitrogen and oxygen atoms in total. The third-order valence-corrected chi connectivity index (χ3v) is 10.1. The van der Waals surface area contributed by atoms with Crippen LogP contribution in [0.3, 0.4) is 0 Å². The SMILES string of the molecule is c1ccc(N(c2ccc3sc4ccccc4c3c2)c2cc3ccccc3cc2-c2cccc(-c3ccc4ccccc4c3)c2)cc1. The molecule has 2 heteroatoms. The molecule has 0 aliphatic rings. The van der Waals surface area contributed by atoms with Gasteiger partial charge < -0.3 is 4.90 Å². The topological polar surface area (TPSA) is 3.24 Å². The van der Waals surface area contributed by atoms with Gasteiger partial charge in [-0.05, 0) is 98.9 Å². The van der Waals surface area contributed by atoms with Crippen LogP contribution in [0.15, 0.2) is 176 Å². The van der Waals surface area contributed by atoms with Gasteiger partial charge in [0.1, 0.15) is 0 Å². The lowest BCUT2D eigenvalue weighted by atomic mass is 9.94. The van der Waals surface area contributed by atoms with Crippen molar-refractivity contribution >= 4 is 70.1 Å². The molecule has 9 aromatic rings. The highest BCUT2D eigenvalue weighted by molar-refractivity contribution is 7.25. The van der Waals surface area contributed by atoms with E-state index in [1.807, 2.05) is 11.3 Å². The van der Waals surface area contributed by atoms with Crippen LogP contribution in [0, 0.1) is 0 Å². The summed E-state index contributed by atoms with van der Waals surface area (Å²) in [6.07, 6.45) is 0. The van der Waals surface area contributed by atoms with Crippen LogP contribution in [0.25, 0.3) is 64.0 Å². The van der Waals surface area contributed by atoms with Gasteiger partial charge in [-0.2, -0.15) is 0 Å². The minimum atomic E-state index is 1.13. The summed E-state index contributed by atoms with van der Waals surface area (Å²) in [5.41, 5.74) is 8.24. The molecule has 8 aromatic carbocycles. The molecule has 0 bridgehead atoms. The van der Waals surface area contributed by atoms with E-state index in [9.17, 15) is 0 Å². The van der Waals surface area contributed by atoms with Crippen LogP contribution in [0.5, 0.6) is 0 Å². The average Bonchev–Trinajstić information content (AvgIpc) is 3.50. The van der Waals surface area contributed by atoms with Gasteiger partial charge in [0, 0.05) is 37.1 Å². The summed E-state index contributed by atoms with van der Waals surface area (Å²) in [5.74, 6) is 0. The molecular weight excluding hydrogens is 575 g/mol. The second-order valence-electron chi connectivity index (χ2n) is 11.8. The number of para-hydroxylation sites is 1. The van der Waals surface area contributed by atoms with Gasteiger partial charge in [0.25, 0.3) is 0 Å². The summed E-state index contributed by atoms with van der Waals surface area (Å²) in [5, 5.41) is 7.55. The average molecular weight is 604 g/mol. The molecule has 0 spiro atoms. The molecule has 0 aliphatic carbocycles. The number of fused-ring (bicyclic) bond motifs is 5. The summed E-state index contributed by atoms with van der Waals surface area (Å²) in [7, 11) is 0. The van der Waals surface area contributed by atoms with Crippen LogP contribution in [0.2, 0.25) is 0 Å². The quantitative estimate of drug-likeness (QED) is 0.189. The van der Waals surface area contributed by atoms with E-state index in [1.54, 1.807) is 0 Å². The molecule has 0 fully saturated rings. The van der Waals surface area contributed by atoms with Crippen molar-refractivity contribution in [3.63, 3.8) is 0 Å². The van der Waals surface area contributed by atoms with Gasteiger partial charge in [0.15, 0.2) is 0 Å². The van der Waals surface area contributed by atoms with E-state index in [1.165, 1.54) is 64.0 Å². The molecular formula is C44H29NS. The summed E-state index contributed by atoms with van der Waals surface area (Å²) in [6.45, 7) is 0. The highest BCUT2D eigenvalue weighted by atomic mass is 32.1. The zero-order chi connectivity index (χ0) is 30.5. The molecule has 0 aliphatic heterocycles. The van der Waals surface area contributed by atoms with Crippen LogP contribution in [-0.4, -0.2) is 0 Å². The standard InChI is InChI=1S/C44H29NS/c1-2-17-37(18-3-1)45(38-23-24-44-41(29-38)39-19-8-9-20-43(39)46-44)42-28-34-14-7-6-13-33(34)27-40(42)36-16-10-15-32(26-36)35-22-21-30-11-4-5-12-31(30)25-35/h1-29H. The third kappa shape index (κ3) is 4.63. The van der Waals surface area contributed by atoms with Crippen molar-refractivity contribution in [3.05, 3.63) is 176 Å². The van der Waals surface area contributed by atoms with Gasteiger partial charge in [-0.3, -0.25) is 0 Å². The lowest BCUT2D eigenvalue weighted by Crippen LogP contribution is -2.11. The number of rotatable bonds is 5. The van der Waals surface area contributed by atoms with Crippen LogP contribution in [0.1, 0.15) is 0 Å². The highest BCUT2D eigenvalue weighted by Gasteiger charge is 2.20. The molecule has 216 valence electrons. The van der Waals surface area contributed by atoms with Crippen molar-refractivity contribution in [3.8, 4) is 22.3 Å². The molecule has 46 heavy (non-hydrogen) atoms. The van der Waals surface area contributed by atoms with Crippen molar-refractivity contribution < 1.29 is 0 Å². The molecule has 1 aromatic heterocycles. The molecule has 0 unspecified atom stereocenters. The van der Waals surface area contributed by atoms with E-state index < -0.39 is 0 Å². The molecule has 0 amide bonds. The number of benzene rings is 8. The van der Waals surface area contributed by atoms with Gasteiger partial charge in [-0.25, -0.2) is 0 Å². The number of nitrogens with zero attached hydrogens (tertiary/aromatic N) is 1. The monoisotopic (exact) mass is 603 g/mol. The third-order valence-electron chi connectivity index (χ3n) is 8.99. The Morgan fingerprint density at radius 2 is 1.00 bits per heavy atom. The van der Waals surface area contributed by atoms with Crippen molar-refractivity contribution in [1.82, 2.24) is 0 Å². The van der Waals surface area contributed by atoms with Gasteiger partial charge >= 0.3 is 0 Å². The first-order valence-corrected chi connectivity index (χ1v) is 16.5. The van der Waals surface area contributed by atoms with E-state index in [0.717, 1.165) is 17.1 Å². The first kappa shape index (κ1) is 26.7. The maximum absolute atomic E-state index is 2.43. The Bertz CT molecular complexity index is 2540. The van der Waals surface area contributed by atoms with E-state index in [0.29, 0.717) is 0 Å².